The molecule has 0 radical (unpaired) electrons. The number of imidazole rings is 1. The van der Waals surface area contributed by atoms with Crippen molar-refractivity contribution in [2.24, 2.45) is 10.9 Å². The first-order valence-electron chi connectivity index (χ1n) is 10.5. The minimum Gasteiger partial charge on any atom is -0.378 e. The second kappa shape index (κ2) is 12.4. The van der Waals surface area contributed by atoms with Crippen LogP contribution in [0.4, 0.5) is 0 Å². The number of unbranched alkanes of at least 4 members (excludes halogenated alkanes) is 1. The van der Waals surface area contributed by atoms with Crippen LogP contribution in [0.2, 0.25) is 0 Å². The van der Waals surface area contributed by atoms with Crippen molar-refractivity contribution >= 4 is 35.8 Å². The van der Waals surface area contributed by atoms with E-state index >= 15 is 0 Å². The number of aromatic nitrogens is 2. The van der Waals surface area contributed by atoms with Crippen molar-refractivity contribution in [3.8, 4) is 0 Å². The average molecular weight is 518 g/mol. The Morgan fingerprint density at radius 2 is 1.93 bits per heavy atom. The van der Waals surface area contributed by atoms with E-state index in [1.54, 1.807) is 0 Å². The lowest BCUT2D eigenvalue weighted by atomic mass is 9.95. The molecule has 2 saturated heterocycles. The SMILES string of the molecule is CN=C(NCCCCn1ccnc1C)N1CCC(C(=O)N2CCOCC2)CC1.I. The van der Waals surface area contributed by atoms with Crippen molar-refractivity contribution in [2.45, 2.75) is 39.2 Å². The molecule has 0 unspecified atom stereocenters. The van der Waals surface area contributed by atoms with Gasteiger partial charge in [0.05, 0.1) is 13.2 Å². The molecule has 1 aromatic rings. The smallest absolute Gasteiger partial charge is 0.225 e. The lowest BCUT2D eigenvalue weighted by Gasteiger charge is -2.36. The van der Waals surface area contributed by atoms with Gasteiger partial charge in [-0.3, -0.25) is 9.79 Å². The van der Waals surface area contributed by atoms with E-state index in [9.17, 15) is 4.79 Å². The van der Waals surface area contributed by atoms with Gasteiger partial charge in [-0.05, 0) is 32.6 Å². The predicted molar refractivity (Wildman–Crippen MR) is 125 cm³/mol. The number of guanidine groups is 1. The van der Waals surface area contributed by atoms with Gasteiger partial charge in [0.1, 0.15) is 5.82 Å². The van der Waals surface area contributed by atoms with Crippen molar-refractivity contribution in [1.82, 2.24) is 24.7 Å². The van der Waals surface area contributed by atoms with Gasteiger partial charge in [-0.2, -0.15) is 0 Å². The van der Waals surface area contributed by atoms with Gasteiger partial charge < -0.3 is 24.4 Å². The molecule has 1 aromatic heterocycles. The van der Waals surface area contributed by atoms with Crippen LogP contribution in [0.15, 0.2) is 17.4 Å². The zero-order valence-corrected chi connectivity index (χ0v) is 20.0. The number of carbonyl (C=O) groups is 1. The fourth-order valence-corrected chi connectivity index (χ4v) is 3.96. The highest BCUT2D eigenvalue weighted by atomic mass is 127. The summed E-state index contributed by atoms with van der Waals surface area (Å²) in [6.07, 6.45) is 7.88. The van der Waals surface area contributed by atoms with Crippen LogP contribution in [0.1, 0.15) is 31.5 Å². The molecular weight excluding hydrogens is 483 g/mol. The number of rotatable bonds is 6. The Hall–Kier alpha value is -1.36. The summed E-state index contributed by atoms with van der Waals surface area (Å²) in [7, 11) is 1.84. The zero-order chi connectivity index (χ0) is 19.8. The minimum atomic E-state index is 0. The Bertz CT molecular complexity index is 651. The number of nitrogens with zero attached hydrogens (tertiary/aromatic N) is 5. The first kappa shape index (κ1) is 23.9. The molecule has 0 bridgehead atoms. The number of likely N-dealkylation sites (tertiary alicyclic amines) is 1. The minimum absolute atomic E-state index is 0. The fraction of sp³-hybridized carbons (Fsp3) is 0.750. The molecule has 0 aromatic carbocycles. The van der Waals surface area contributed by atoms with E-state index < -0.39 is 0 Å². The summed E-state index contributed by atoms with van der Waals surface area (Å²) in [6.45, 7) is 8.52. The van der Waals surface area contributed by atoms with Crippen molar-refractivity contribution < 1.29 is 9.53 Å². The van der Waals surface area contributed by atoms with Crippen LogP contribution in [0.25, 0.3) is 0 Å². The van der Waals surface area contributed by atoms with Gasteiger partial charge in [0.2, 0.25) is 5.91 Å². The van der Waals surface area contributed by atoms with Gasteiger partial charge in [-0.25, -0.2) is 4.98 Å². The van der Waals surface area contributed by atoms with E-state index in [0.29, 0.717) is 19.1 Å². The third-order valence-corrected chi connectivity index (χ3v) is 5.71. The van der Waals surface area contributed by atoms with Crippen LogP contribution in [0, 0.1) is 12.8 Å². The summed E-state index contributed by atoms with van der Waals surface area (Å²) in [6, 6.07) is 0. The number of nitrogens with one attached hydrogen (secondary N) is 1. The quantitative estimate of drug-likeness (QED) is 0.269. The maximum atomic E-state index is 12.7. The number of morpholine rings is 1. The highest BCUT2D eigenvalue weighted by Crippen LogP contribution is 2.20. The molecule has 0 spiro atoms. The Morgan fingerprint density at radius 3 is 2.55 bits per heavy atom. The lowest BCUT2D eigenvalue weighted by Crippen LogP contribution is -2.50. The summed E-state index contributed by atoms with van der Waals surface area (Å²) >= 11 is 0. The van der Waals surface area contributed by atoms with Gasteiger partial charge in [0.25, 0.3) is 0 Å². The highest BCUT2D eigenvalue weighted by Gasteiger charge is 2.30. The number of piperidine rings is 1. The standard InChI is InChI=1S/C20H34N6O2.HI/c1-17-22-8-12-24(17)9-4-3-7-23-20(21-2)26-10-5-18(6-11-26)19(27)25-13-15-28-16-14-25;/h8,12,18H,3-7,9-11,13-16H2,1-2H3,(H,21,23);1H. The van der Waals surface area contributed by atoms with E-state index in [2.05, 4.69) is 24.8 Å². The molecule has 1 amide bonds. The molecule has 3 heterocycles. The second-order valence-corrected chi connectivity index (χ2v) is 7.55. The van der Waals surface area contributed by atoms with Gasteiger partial charge in [0, 0.05) is 64.6 Å². The molecule has 0 saturated carbocycles. The molecule has 9 heteroatoms. The molecule has 3 rings (SSSR count). The van der Waals surface area contributed by atoms with Crippen molar-refractivity contribution in [1.29, 1.82) is 0 Å². The number of halogens is 1. The number of aryl methyl sites for hydroxylation is 2. The average Bonchev–Trinajstić information content (AvgIpc) is 3.16. The first-order valence-corrected chi connectivity index (χ1v) is 10.5. The molecule has 0 aliphatic carbocycles. The van der Waals surface area contributed by atoms with Crippen LogP contribution in [0.5, 0.6) is 0 Å². The number of carbonyl (C=O) groups excluding carboxylic acids is 1. The summed E-state index contributed by atoms with van der Waals surface area (Å²) in [4.78, 5) is 25.6. The number of hydrogen-bond acceptors (Lipinski definition) is 4. The molecule has 1 N–H and O–H groups in total. The maximum Gasteiger partial charge on any atom is 0.225 e. The van der Waals surface area contributed by atoms with Crippen molar-refractivity contribution in [3.63, 3.8) is 0 Å². The second-order valence-electron chi connectivity index (χ2n) is 7.55. The molecule has 164 valence electrons. The Kier molecular flexibility index (Phi) is 10.2. The van der Waals surface area contributed by atoms with E-state index in [0.717, 1.165) is 76.7 Å². The normalized spacial score (nSPS) is 18.5. The first-order chi connectivity index (χ1) is 13.7. The van der Waals surface area contributed by atoms with Crippen molar-refractivity contribution in [2.75, 3.05) is 53.0 Å². The number of aliphatic imine (C=N–C) groups is 1. The number of hydrogen-bond donors (Lipinski definition) is 1. The van der Waals surface area contributed by atoms with Crippen molar-refractivity contribution in [3.05, 3.63) is 18.2 Å². The lowest BCUT2D eigenvalue weighted by molar-refractivity contribution is -0.140. The molecular formula is C20H35IN6O2. The topological polar surface area (TPSA) is 75.0 Å². The van der Waals surface area contributed by atoms with E-state index in [4.69, 9.17) is 4.74 Å². The van der Waals surface area contributed by atoms with Gasteiger partial charge in [-0.1, -0.05) is 0 Å². The van der Waals surface area contributed by atoms with E-state index in [-0.39, 0.29) is 29.9 Å². The van der Waals surface area contributed by atoms with Gasteiger partial charge >= 0.3 is 0 Å². The van der Waals surface area contributed by atoms with Crippen LogP contribution in [-0.4, -0.2) is 84.2 Å². The van der Waals surface area contributed by atoms with Crippen LogP contribution >= 0.6 is 24.0 Å². The number of amides is 1. The van der Waals surface area contributed by atoms with E-state index in [1.807, 2.05) is 31.3 Å². The zero-order valence-electron chi connectivity index (χ0n) is 17.7. The third-order valence-electron chi connectivity index (χ3n) is 5.71. The monoisotopic (exact) mass is 518 g/mol. The third kappa shape index (κ3) is 6.84. The highest BCUT2D eigenvalue weighted by molar-refractivity contribution is 14.0. The fourth-order valence-electron chi connectivity index (χ4n) is 3.96. The molecule has 2 fully saturated rings. The summed E-state index contributed by atoms with van der Waals surface area (Å²) < 4.78 is 7.54. The Balaban J connectivity index is 0.00000300. The molecule has 2 aliphatic heterocycles. The largest absolute Gasteiger partial charge is 0.378 e. The Morgan fingerprint density at radius 1 is 1.21 bits per heavy atom. The molecule has 8 nitrogen and oxygen atoms in total. The van der Waals surface area contributed by atoms with Crippen LogP contribution in [0.3, 0.4) is 0 Å². The summed E-state index contributed by atoms with van der Waals surface area (Å²) in [5.41, 5.74) is 0. The van der Waals surface area contributed by atoms with Gasteiger partial charge in [0.15, 0.2) is 5.96 Å². The van der Waals surface area contributed by atoms with E-state index in [1.165, 1.54) is 0 Å². The van der Waals surface area contributed by atoms with Crippen LogP contribution in [-0.2, 0) is 16.1 Å². The summed E-state index contributed by atoms with van der Waals surface area (Å²) in [5.74, 6) is 2.47. The Labute approximate surface area is 191 Å². The molecule has 29 heavy (non-hydrogen) atoms. The predicted octanol–water partition coefficient (Wildman–Crippen LogP) is 1.74. The summed E-state index contributed by atoms with van der Waals surface area (Å²) in [5, 5.41) is 3.48. The number of ether oxygens (including phenoxy) is 1. The van der Waals surface area contributed by atoms with Crippen LogP contribution < -0.4 is 5.32 Å². The molecule has 2 aliphatic rings. The van der Waals surface area contributed by atoms with Gasteiger partial charge in [-0.15, -0.1) is 24.0 Å². The molecule has 0 atom stereocenters. The maximum absolute atomic E-state index is 12.7.